The lowest BCUT2D eigenvalue weighted by Gasteiger charge is -2.35. The molecule has 5 aliphatic heterocycles. The first-order chi connectivity index (χ1) is 70.9. The van der Waals surface area contributed by atoms with Crippen LogP contribution in [0.25, 0.3) is 0 Å². The maximum atomic E-state index is 15.1. The van der Waals surface area contributed by atoms with Crippen molar-refractivity contribution in [2.45, 2.75) is 307 Å². The second kappa shape index (κ2) is 60.1. The highest BCUT2D eigenvalue weighted by Gasteiger charge is 2.49. The van der Waals surface area contributed by atoms with Crippen molar-refractivity contribution in [3.8, 4) is 0 Å². The number of nitrogens with two attached hydrogens (primary N) is 2. The first kappa shape index (κ1) is 121. The lowest BCUT2D eigenvalue weighted by molar-refractivity contribution is -0.149. The summed E-state index contributed by atoms with van der Waals surface area (Å²) in [5, 5.41) is 70.1. The van der Waals surface area contributed by atoms with Crippen LogP contribution < -0.4 is 91.2 Å². The second-order valence-electron chi connectivity index (χ2n) is 39.8. The van der Waals surface area contributed by atoms with E-state index in [0.717, 1.165) is 21.6 Å². The van der Waals surface area contributed by atoms with Gasteiger partial charge in [-0.1, -0.05) is 195 Å². The summed E-state index contributed by atoms with van der Waals surface area (Å²) in [6, 6.07) is 1.25. The van der Waals surface area contributed by atoms with Gasteiger partial charge in [-0.05, 0) is 143 Å². The molecule has 8 rings (SSSR count). The van der Waals surface area contributed by atoms with Gasteiger partial charge in [-0.2, -0.15) is 0 Å². The predicted molar refractivity (Wildman–Crippen MR) is 552 cm³/mol. The van der Waals surface area contributed by atoms with E-state index in [1.165, 1.54) is 26.5 Å². The smallest absolute Gasteiger partial charge is 0.326 e. The zero-order valence-electron chi connectivity index (χ0n) is 86.6. The number of benzene rings is 3. The van der Waals surface area contributed by atoms with E-state index in [4.69, 9.17) is 11.5 Å². The molecule has 45 nitrogen and oxygen atoms in total. The van der Waals surface area contributed by atoms with E-state index in [9.17, 15) is 111 Å². The number of rotatable bonds is 49. The van der Waals surface area contributed by atoms with Crippen LogP contribution in [0.4, 0.5) is 0 Å². The van der Waals surface area contributed by atoms with Gasteiger partial charge >= 0.3 is 11.9 Å². The Balaban J connectivity index is 0.969. The number of hydrogen-bond donors (Lipinski definition) is 20. The third kappa shape index (κ3) is 36.5. The number of carbonyl (C=O) groups excluding carboxylic acids is 19. The lowest BCUT2D eigenvalue weighted by Crippen LogP contribution is -2.62. The molecule has 5 heterocycles. The summed E-state index contributed by atoms with van der Waals surface area (Å²) in [6.45, 7) is 16.1. The SMILES string of the molecule is CC[C@H](C)[C@H](NC(=O)[C@H](C)NC(=O)[C@H](CCC(=O)O)NC(=O)[C@@H](N)CC(C)C)C(=O)N1CCC[C@H]1C(=O)N[C@H]1CSSC[C@@H](C(=O)N[C@H](C(=O)NCC(=O)N[C@@H](Cc2ccccc2)C(=O)NCC(=O)N[C@@H](CCCCN)C(=O)N2CCC[C@H]2C(=O)N[C@@H](Cc2ccccc2)C(=O)N[C@H](C(=O)N[C@@H](Cc2ccccc2)C(=O)O)C(C)C)C(C)C)NC(=O)[C@@H]2CCCN2C(=O)[C@@H]2CCCN2C(=O)[C@H]([C@@H](C)CC)NC(=O)[C@H](CO)NC1=O. The van der Waals surface area contributed by atoms with Gasteiger partial charge in [0.25, 0.3) is 0 Å². The largest absolute Gasteiger partial charge is 0.481 e. The minimum absolute atomic E-state index is 0.00968. The van der Waals surface area contributed by atoms with Gasteiger partial charge in [0, 0.05) is 63.4 Å². The fraction of sp³-hybridized carbons (Fsp3) is 0.618. The average molecular weight is 2120 g/mol. The molecule has 5 aliphatic rings. The molecule has 0 radical (unpaired) electrons. The van der Waals surface area contributed by atoms with Crippen molar-refractivity contribution in [3.05, 3.63) is 108 Å². The van der Waals surface area contributed by atoms with Crippen LogP contribution in [0.5, 0.6) is 0 Å². The van der Waals surface area contributed by atoms with Gasteiger partial charge in [-0.3, -0.25) is 95.9 Å². The number of carboxylic acid groups (broad SMARTS) is 2. The quantitative estimate of drug-likeness (QED) is 0.0225. The molecule has 3 aromatic carbocycles. The highest BCUT2D eigenvalue weighted by molar-refractivity contribution is 8.76. The van der Waals surface area contributed by atoms with E-state index in [-0.39, 0.29) is 115 Å². The Bertz CT molecular complexity index is 5130. The van der Waals surface area contributed by atoms with Crippen molar-refractivity contribution < 1.29 is 116 Å². The van der Waals surface area contributed by atoms with Crippen LogP contribution in [-0.2, 0) is 120 Å². The molecule has 5 fully saturated rings. The van der Waals surface area contributed by atoms with E-state index >= 15 is 4.79 Å². The Morgan fingerprint density at radius 2 is 0.960 bits per heavy atom. The van der Waals surface area contributed by atoms with Crippen LogP contribution in [0.2, 0.25) is 0 Å². The van der Waals surface area contributed by atoms with E-state index in [2.05, 4.69) is 79.8 Å². The van der Waals surface area contributed by atoms with Crippen molar-refractivity contribution in [2.24, 2.45) is 41.1 Å². The van der Waals surface area contributed by atoms with Gasteiger partial charge in [0.05, 0.1) is 25.7 Å². The Kier molecular flexibility index (Phi) is 48.9. The average Bonchev–Trinajstić information content (AvgIpc) is 1.66. The summed E-state index contributed by atoms with van der Waals surface area (Å²) in [4.78, 5) is 305. The number of likely N-dealkylation sites (tertiary alicyclic amines) is 2. The number of carbonyl (C=O) groups is 21. The van der Waals surface area contributed by atoms with E-state index < -0.39 is 288 Å². The van der Waals surface area contributed by atoms with Crippen LogP contribution in [0, 0.1) is 29.6 Å². The number of unbranched alkanes of at least 4 members (excludes halogenated alkanes) is 1. The summed E-state index contributed by atoms with van der Waals surface area (Å²) in [5.74, 6) is -21.6. The molecule has 3 aromatic rings. The Labute approximate surface area is 876 Å². The van der Waals surface area contributed by atoms with Gasteiger partial charge in [0.15, 0.2) is 0 Å². The highest BCUT2D eigenvalue weighted by atomic mass is 33.1. The van der Waals surface area contributed by atoms with Crippen molar-refractivity contribution in [2.75, 3.05) is 63.9 Å². The first-order valence-electron chi connectivity index (χ1n) is 51.5. The minimum atomic E-state index is -1.78. The molecule has 20 atom stereocenters. The zero-order chi connectivity index (χ0) is 110. The number of hydrogen-bond acceptors (Lipinski definition) is 26. The number of carboxylic acids is 2. The highest BCUT2D eigenvalue weighted by Crippen LogP contribution is 2.31. The normalized spacial score (nSPS) is 21.3. The van der Waals surface area contributed by atoms with Gasteiger partial charge in [-0.25, -0.2) is 4.79 Å². The van der Waals surface area contributed by atoms with Gasteiger partial charge < -0.3 is 126 Å². The molecule has 820 valence electrons. The summed E-state index contributed by atoms with van der Waals surface area (Å²) < 4.78 is 0. The van der Waals surface area contributed by atoms with Crippen LogP contribution in [-0.4, -0.2) is 332 Å². The topological polar surface area (TPSA) is 665 Å². The molecule has 149 heavy (non-hydrogen) atoms. The molecular weight excluding hydrogens is 1970 g/mol. The number of nitrogens with zero attached hydrogens (tertiary/aromatic N) is 4. The van der Waals surface area contributed by atoms with Crippen molar-refractivity contribution >= 4 is 146 Å². The number of fused-ring (bicyclic) bond motifs is 2. The number of aliphatic hydroxyl groups is 1. The summed E-state index contributed by atoms with van der Waals surface area (Å²) in [6.07, 6.45) is 2.12. The molecule has 5 saturated heterocycles. The van der Waals surface area contributed by atoms with Crippen molar-refractivity contribution in [3.63, 3.8) is 0 Å². The van der Waals surface area contributed by atoms with Crippen LogP contribution in [0.1, 0.15) is 196 Å². The standard InChI is InChI=1S/C102H151N21O24S2/c1-12-59(9)83(118-85(129)61(11)107-88(132)66(40-41-80(127)128)110-86(130)65(104)47-56(3)4)100(144)122-45-27-38-76(122)95(139)114-72-54-148-149-55-73(115-94(138)75-37-26-44-121(75)99(143)77-39-28-46-123(77)101(145)84(60(10)13-2)119-90(134)71(53-124)113-91(72)135)92(136)116-81(57(5)6)96(140)106-52-79(126)109-68(48-62-29-17-14-18-30-62)87(131)105-51-78(125)108-67(35-23-24-42-103)98(142)120-43-25-36-74(120)93(137)111-69(49-63-31-19-15-20-32-63)89(133)117-82(58(7)8)97(141)112-70(102(146)147)50-64-33-21-16-22-34-64/h14-22,29-34,56-61,65-77,81-84,124H,12-13,23-28,35-55,103-104H2,1-11H3,(H,105,131)(H,106,140)(H,107,132)(H,108,125)(H,109,126)(H,110,130)(H,111,137)(H,112,141)(H,113,135)(H,114,139)(H,115,138)(H,116,136)(H,117,133)(H,118,129)(H,119,134)(H,127,128)(H,146,147)/t59-,60-,61-,65-,66-,67-,68-,69-,70-,71-,72-,73-,74-,75-,76-,77-,81-,82-,83-,84-/m0/s1. The zero-order valence-corrected chi connectivity index (χ0v) is 88.3. The molecular formula is C102H151N21O24S2. The third-order valence-corrected chi connectivity index (χ3v) is 29.7. The molecule has 0 spiro atoms. The monoisotopic (exact) mass is 2120 g/mol. The van der Waals surface area contributed by atoms with Crippen LogP contribution in [0.3, 0.4) is 0 Å². The maximum absolute atomic E-state index is 15.1. The Morgan fingerprint density at radius 3 is 1.50 bits per heavy atom. The van der Waals surface area contributed by atoms with Crippen molar-refractivity contribution in [1.82, 2.24) is 99.4 Å². The minimum Gasteiger partial charge on any atom is -0.481 e. The summed E-state index contributed by atoms with van der Waals surface area (Å²) >= 11 is 0. The molecule has 0 saturated carbocycles. The van der Waals surface area contributed by atoms with E-state index in [1.807, 2.05) is 13.8 Å². The fourth-order valence-corrected chi connectivity index (χ4v) is 20.7. The Hall–Kier alpha value is -12.9. The van der Waals surface area contributed by atoms with Gasteiger partial charge in [-0.15, -0.1) is 0 Å². The summed E-state index contributed by atoms with van der Waals surface area (Å²) in [7, 11) is 1.78. The number of aliphatic hydroxyl groups excluding tert-OH is 1. The molecule has 47 heteroatoms. The predicted octanol–water partition coefficient (Wildman–Crippen LogP) is -1.52. The molecule has 0 aromatic heterocycles. The first-order valence-corrected chi connectivity index (χ1v) is 54.0. The van der Waals surface area contributed by atoms with E-state index in [1.54, 1.807) is 146 Å². The molecule has 0 bridgehead atoms. The molecule has 22 N–H and O–H groups in total. The van der Waals surface area contributed by atoms with Crippen LogP contribution >= 0.6 is 21.6 Å². The maximum Gasteiger partial charge on any atom is 0.326 e. The summed E-state index contributed by atoms with van der Waals surface area (Å²) in [5.41, 5.74) is 13.8. The Morgan fingerprint density at radius 1 is 0.456 bits per heavy atom. The lowest BCUT2D eigenvalue weighted by atomic mass is 9.96. The van der Waals surface area contributed by atoms with Gasteiger partial charge in [0.1, 0.15) is 103 Å². The van der Waals surface area contributed by atoms with Gasteiger partial charge in [0.2, 0.25) is 112 Å². The fourth-order valence-electron chi connectivity index (χ4n) is 18.3. The van der Waals surface area contributed by atoms with Crippen molar-refractivity contribution in [1.29, 1.82) is 0 Å². The number of amides is 19. The number of aliphatic carboxylic acids is 2. The second-order valence-corrected chi connectivity index (χ2v) is 42.4. The van der Waals surface area contributed by atoms with E-state index in [0.29, 0.717) is 61.6 Å². The van der Waals surface area contributed by atoms with Crippen LogP contribution in [0.15, 0.2) is 91.0 Å². The number of nitrogens with one attached hydrogen (secondary N) is 15. The molecule has 0 unspecified atom stereocenters. The molecule has 19 amide bonds. The molecule has 0 aliphatic carbocycles. The third-order valence-electron chi connectivity index (χ3n) is 27.3.